The first kappa shape index (κ1) is 36.3. The summed E-state index contributed by atoms with van der Waals surface area (Å²) >= 11 is 0. The summed E-state index contributed by atoms with van der Waals surface area (Å²) in [4.78, 5) is 49.0. The molecule has 0 radical (unpaired) electrons. The van der Waals surface area contributed by atoms with E-state index in [1.165, 1.54) is 40.0 Å². The fourth-order valence-electron chi connectivity index (χ4n) is 3.71. The molecule has 0 aliphatic carbocycles. The number of carbonyl (C=O) groups excluding carboxylic acids is 4. The molecule has 0 unspecified atom stereocenters. The molecule has 3 aromatic rings. The Morgan fingerprint density at radius 1 is 0.583 bits per heavy atom. The predicted molar refractivity (Wildman–Crippen MR) is 181 cm³/mol. The lowest BCUT2D eigenvalue weighted by Gasteiger charge is -2.17. The van der Waals surface area contributed by atoms with E-state index in [4.69, 9.17) is 28.4 Å². The lowest BCUT2D eigenvalue weighted by molar-refractivity contribution is -0.131. The van der Waals surface area contributed by atoms with E-state index in [1.807, 2.05) is 0 Å². The van der Waals surface area contributed by atoms with Gasteiger partial charge in [-0.05, 0) is 69.7 Å². The Balaban J connectivity index is 1.98. The lowest BCUT2D eigenvalue weighted by atomic mass is 10.0. The smallest absolute Gasteiger partial charge is 0.338 e. The van der Waals surface area contributed by atoms with Crippen molar-refractivity contribution in [2.24, 2.45) is 0 Å². The van der Waals surface area contributed by atoms with Gasteiger partial charge in [0.15, 0.2) is 11.5 Å². The van der Waals surface area contributed by atoms with Gasteiger partial charge in [-0.2, -0.15) is 0 Å². The van der Waals surface area contributed by atoms with Gasteiger partial charge in [0, 0.05) is 45.6 Å². The van der Waals surface area contributed by atoms with Gasteiger partial charge in [0.25, 0.3) is 0 Å². The molecule has 48 heavy (non-hydrogen) atoms. The number of hydrogen-bond acceptors (Lipinski definition) is 10. The van der Waals surface area contributed by atoms with Crippen LogP contribution >= 0.6 is 0 Å². The third-order valence-corrected chi connectivity index (χ3v) is 6.27. The Kier molecular flexibility index (Phi) is 12.4. The van der Waals surface area contributed by atoms with Gasteiger partial charge in [-0.15, -0.1) is 0 Å². The molecule has 0 aromatic heterocycles. The largest absolute Gasteiger partial charge is 0.496 e. The minimum atomic E-state index is -0.702. The maximum Gasteiger partial charge on any atom is 0.338 e. The van der Waals surface area contributed by atoms with E-state index in [-0.39, 0.29) is 57.6 Å². The minimum Gasteiger partial charge on any atom is -0.496 e. The quantitative estimate of drug-likeness (QED) is 0.0990. The molecule has 0 saturated carbocycles. The summed E-state index contributed by atoms with van der Waals surface area (Å²) in [5.74, 6) is -1.33. The van der Waals surface area contributed by atoms with E-state index in [0.717, 1.165) is 0 Å². The average molecular weight is 653 g/mol. The Bertz CT molecular complexity index is 1830. The Morgan fingerprint density at radius 2 is 1.08 bits per heavy atom. The van der Waals surface area contributed by atoms with Crippen molar-refractivity contribution in [2.45, 2.75) is 27.7 Å². The van der Waals surface area contributed by atoms with E-state index in [0.29, 0.717) is 22.4 Å². The number of ether oxygens (including phenoxy) is 6. The van der Waals surface area contributed by atoms with E-state index in [9.17, 15) is 19.2 Å². The Hall–Kier alpha value is -6.16. The highest BCUT2D eigenvalue weighted by Crippen LogP contribution is 2.41. The predicted octanol–water partition coefficient (Wildman–Crippen LogP) is 7.38. The van der Waals surface area contributed by atoms with Crippen LogP contribution in [0.3, 0.4) is 0 Å². The number of methoxy groups -OCH3 is 1. The third-order valence-electron chi connectivity index (χ3n) is 6.27. The van der Waals surface area contributed by atoms with Crippen LogP contribution < -0.4 is 28.4 Å². The van der Waals surface area contributed by atoms with Gasteiger partial charge in [-0.25, -0.2) is 19.2 Å². The molecule has 0 fully saturated rings. The fourth-order valence-corrected chi connectivity index (χ4v) is 3.71. The van der Waals surface area contributed by atoms with Crippen molar-refractivity contribution in [1.29, 1.82) is 0 Å². The van der Waals surface area contributed by atoms with Gasteiger partial charge in [-0.1, -0.05) is 44.5 Å². The molecule has 0 saturated heterocycles. The van der Waals surface area contributed by atoms with Crippen LogP contribution in [0.5, 0.6) is 34.5 Å². The highest BCUT2D eigenvalue weighted by molar-refractivity contribution is 5.92. The summed E-state index contributed by atoms with van der Waals surface area (Å²) in [5.41, 5.74) is 2.36. The first-order valence-corrected chi connectivity index (χ1v) is 14.5. The summed E-state index contributed by atoms with van der Waals surface area (Å²) in [6.45, 7) is 20.5. The molecule has 0 N–H and O–H groups in total. The molecule has 0 aliphatic heterocycles. The zero-order valence-corrected chi connectivity index (χ0v) is 27.5. The summed E-state index contributed by atoms with van der Waals surface area (Å²) in [5, 5.41) is 0. The molecule has 0 heterocycles. The Labute approximate surface area is 279 Å². The van der Waals surface area contributed by atoms with E-state index in [2.05, 4.69) is 26.3 Å². The van der Waals surface area contributed by atoms with Crippen molar-refractivity contribution in [2.75, 3.05) is 13.7 Å². The second-order valence-corrected chi connectivity index (χ2v) is 10.6. The van der Waals surface area contributed by atoms with E-state index in [1.54, 1.807) is 61.5 Å². The van der Waals surface area contributed by atoms with E-state index < -0.39 is 23.9 Å². The number of benzene rings is 3. The molecule has 0 amide bonds. The van der Waals surface area contributed by atoms with Gasteiger partial charge in [0.05, 0.1) is 7.11 Å². The maximum absolute atomic E-state index is 12.6. The molecule has 0 bridgehead atoms. The van der Waals surface area contributed by atoms with Crippen LogP contribution in [0.2, 0.25) is 0 Å². The molecule has 0 aliphatic rings. The average Bonchev–Trinajstić information content (AvgIpc) is 3.04. The van der Waals surface area contributed by atoms with Crippen LogP contribution in [0.4, 0.5) is 0 Å². The topological polar surface area (TPSA) is 124 Å². The van der Waals surface area contributed by atoms with Crippen molar-refractivity contribution < 1.29 is 47.6 Å². The van der Waals surface area contributed by atoms with Gasteiger partial charge >= 0.3 is 23.9 Å². The van der Waals surface area contributed by atoms with Crippen LogP contribution in [0.1, 0.15) is 33.3 Å². The van der Waals surface area contributed by atoms with Crippen LogP contribution in [-0.2, 0) is 19.2 Å². The minimum absolute atomic E-state index is 0.0107. The summed E-state index contributed by atoms with van der Waals surface area (Å²) < 4.78 is 33.2. The molecule has 3 rings (SSSR count). The zero-order chi connectivity index (χ0) is 35.5. The second kappa shape index (κ2) is 16.4. The SMILES string of the molecule is C=C(C)C(=O)Oc1ccc(-c2cc(OC(=O)C(=C)C)c(OC/C=C/c3ccc(OC(=O)C(=C)C)cc3OC)cc2OC(=O)C(=C)C)cc1. The van der Waals surface area contributed by atoms with Crippen LogP contribution in [0.25, 0.3) is 17.2 Å². The molecule has 3 aromatic carbocycles. The molecule has 0 atom stereocenters. The number of hydrogen-bond donors (Lipinski definition) is 0. The van der Waals surface area contributed by atoms with Gasteiger partial charge in [0.2, 0.25) is 0 Å². The van der Waals surface area contributed by atoms with E-state index >= 15 is 0 Å². The summed E-state index contributed by atoms with van der Waals surface area (Å²) in [7, 11) is 1.48. The highest BCUT2D eigenvalue weighted by Gasteiger charge is 2.20. The molecular formula is C38H36O10. The molecule has 0 spiro atoms. The zero-order valence-electron chi connectivity index (χ0n) is 27.5. The highest BCUT2D eigenvalue weighted by atomic mass is 16.6. The number of rotatable bonds is 14. The van der Waals surface area contributed by atoms with Gasteiger partial charge in [-0.3, -0.25) is 0 Å². The van der Waals surface area contributed by atoms with Crippen molar-refractivity contribution in [1.82, 2.24) is 0 Å². The lowest BCUT2D eigenvalue weighted by Crippen LogP contribution is -2.12. The first-order chi connectivity index (χ1) is 22.7. The maximum atomic E-state index is 12.6. The standard InChI is InChI=1S/C38H36O10/c1-22(2)35(39)45-28-15-12-26(13-16-28)30-20-34(48-38(42)25(7)8)33(21-32(30)47-37(41)24(5)6)44-18-10-11-27-14-17-29(19-31(27)43-9)46-36(40)23(3)4/h10-17,19-21H,1,3,5,7,18H2,2,4,6,8-9H3/b11-10+. The molecule has 10 nitrogen and oxygen atoms in total. The van der Waals surface area contributed by atoms with Gasteiger partial charge < -0.3 is 28.4 Å². The van der Waals surface area contributed by atoms with Crippen molar-refractivity contribution in [3.8, 4) is 45.6 Å². The van der Waals surface area contributed by atoms with Crippen LogP contribution in [0.15, 0.2) is 109 Å². The molecule has 10 heteroatoms. The molecular weight excluding hydrogens is 616 g/mol. The summed E-state index contributed by atoms with van der Waals surface area (Å²) in [6.07, 6.45) is 3.40. The van der Waals surface area contributed by atoms with Crippen molar-refractivity contribution in [3.05, 3.63) is 115 Å². The molecule has 248 valence electrons. The number of carbonyl (C=O) groups is 4. The normalized spacial score (nSPS) is 10.4. The van der Waals surface area contributed by atoms with Gasteiger partial charge in [0.1, 0.15) is 29.6 Å². The number of esters is 4. The van der Waals surface area contributed by atoms with Crippen LogP contribution in [-0.4, -0.2) is 37.6 Å². The Morgan fingerprint density at radius 3 is 1.62 bits per heavy atom. The third kappa shape index (κ3) is 9.92. The summed E-state index contributed by atoms with van der Waals surface area (Å²) in [6, 6.07) is 14.2. The first-order valence-electron chi connectivity index (χ1n) is 14.5. The van der Waals surface area contributed by atoms with Crippen LogP contribution in [0, 0.1) is 0 Å². The van der Waals surface area contributed by atoms with Crippen molar-refractivity contribution >= 4 is 30.0 Å². The monoisotopic (exact) mass is 652 g/mol. The fraction of sp³-hybridized carbons (Fsp3) is 0.158. The second-order valence-electron chi connectivity index (χ2n) is 10.6. The van der Waals surface area contributed by atoms with Crippen molar-refractivity contribution in [3.63, 3.8) is 0 Å².